The SMILES string of the molecule is O=C1CCS(=O)(=O)C1=NO. The van der Waals surface area contributed by atoms with Gasteiger partial charge in [0.05, 0.1) is 5.75 Å². The van der Waals surface area contributed by atoms with Gasteiger partial charge in [-0.05, 0) is 0 Å². The van der Waals surface area contributed by atoms with E-state index in [0.29, 0.717) is 0 Å². The van der Waals surface area contributed by atoms with Crippen LogP contribution in [-0.2, 0) is 14.6 Å². The van der Waals surface area contributed by atoms with Gasteiger partial charge in [0.1, 0.15) is 0 Å². The predicted octanol–water partition coefficient (Wildman–Crippen LogP) is -0.838. The fourth-order valence-corrected chi connectivity index (χ4v) is 1.94. The maximum absolute atomic E-state index is 10.7. The number of carbonyl (C=O) groups is 1. The highest BCUT2D eigenvalue weighted by atomic mass is 32.2. The van der Waals surface area contributed by atoms with Crippen LogP contribution < -0.4 is 0 Å². The minimum Gasteiger partial charge on any atom is -0.410 e. The van der Waals surface area contributed by atoms with Gasteiger partial charge in [-0.15, -0.1) is 0 Å². The summed E-state index contributed by atoms with van der Waals surface area (Å²) in [5, 5.41) is 9.76. The van der Waals surface area contributed by atoms with Gasteiger partial charge in [-0.25, -0.2) is 8.42 Å². The molecule has 1 aliphatic rings. The summed E-state index contributed by atoms with van der Waals surface area (Å²) in [5.41, 5.74) is 0. The predicted molar refractivity (Wildman–Crippen MR) is 32.6 cm³/mol. The van der Waals surface area contributed by atoms with Gasteiger partial charge in [-0.2, -0.15) is 0 Å². The van der Waals surface area contributed by atoms with Crippen LogP contribution in [0.3, 0.4) is 0 Å². The molecular weight excluding hydrogens is 158 g/mol. The number of ketones is 1. The van der Waals surface area contributed by atoms with E-state index >= 15 is 0 Å². The number of sulfone groups is 1. The Morgan fingerprint density at radius 1 is 1.50 bits per heavy atom. The zero-order chi connectivity index (χ0) is 7.78. The van der Waals surface area contributed by atoms with E-state index in [1.807, 2.05) is 0 Å². The number of oxime groups is 1. The summed E-state index contributed by atoms with van der Waals surface area (Å²) in [6.07, 6.45) is -0.0677. The Labute approximate surface area is 57.3 Å². The van der Waals surface area contributed by atoms with Crippen molar-refractivity contribution in [1.29, 1.82) is 0 Å². The summed E-state index contributed by atoms with van der Waals surface area (Å²) in [5.74, 6) is -0.840. The van der Waals surface area contributed by atoms with Crippen LogP contribution in [0.5, 0.6) is 0 Å². The van der Waals surface area contributed by atoms with Crippen LogP contribution in [0.1, 0.15) is 6.42 Å². The molecule has 0 aliphatic carbocycles. The number of Topliss-reactive ketones (excluding diaryl/α,β-unsaturated/α-hetero) is 1. The average Bonchev–Trinajstić information content (AvgIpc) is 2.07. The summed E-state index contributed by atoms with van der Waals surface area (Å²) >= 11 is 0. The topological polar surface area (TPSA) is 83.8 Å². The lowest BCUT2D eigenvalue weighted by atomic mass is 10.3. The van der Waals surface area contributed by atoms with Crippen LogP contribution in [0, 0.1) is 0 Å². The highest BCUT2D eigenvalue weighted by Crippen LogP contribution is 2.09. The summed E-state index contributed by atoms with van der Waals surface area (Å²) < 4.78 is 21.4. The molecule has 1 saturated heterocycles. The van der Waals surface area contributed by atoms with E-state index in [1.54, 1.807) is 0 Å². The molecule has 0 amide bonds. The molecule has 1 aliphatic heterocycles. The van der Waals surface area contributed by atoms with Crippen LogP contribution >= 0.6 is 0 Å². The standard InChI is InChI=1S/C4H5NO4S/c6-3-1-2-10(8,9)4(3)5-7/h7H,1-2H2. The van der Waals surface area contributed by atoms with Gasteiger partial charge in [-0.3, -0.25) is 4.79 Å². The van der Waals surface area contributed by atoms with Crippen molar-refractivity contribution in [2.75, 3.05) is 5.75 Å². The Morgan fingerprint density at radius 3 is 2.30 bits per heavy atom. The number of carbonyl (C=O) groups excluding carboxylic acids is 1. The fraction of sp³-hybridized carbons (Fsp3) is 0.500. The van der Waals surface area contributed by atoms with E-state index in [4.69, 9.17) is 5.21 Å². The van der Waals surface area contributed by atoms with E-state index in [0.717, 1.165) is 0 Å². The minimum atomic E-state index is -3.54. The van der Waals surface area contributed by atoms with Crippen molar-refractivity contribution in [1.82, 2.24) is 0 Å². The van der Waals surface area contributed by atoms with E-state index in [2.05, 4.69) is 5.16 Å². The van der Waals surface area contributed by atoms with Crippen molar-refractivity contribution in [3.8, 4) is 0 Å². The van der Waals surface area contributed by atoms with E-state index in [1.165, 1.54) is 0 Å². The molecule has 0 bridgehead atoms. The Hall–Kier alpha value is -0.910. The van der Waals surface area contributed by atoms with E-state index < -0.39 is 20.7 Å². The molecule has 10 heavy (non-hydrogen) atoms. The summed E-state index contributed by atoms with van der Waals surface area (Å²) in [7, 11) is -3.54. The molecule has 0 aromatic rings. The maximum Gasteiger partial charge on any atom is 0.236 e. The number of nitrogens with zero attached hydrogens (tertiary/aromatic N) is 1. The van der Waals surface area contributed by atoms with Crippen molar-refractivity contribution >= 4 is 20.7 Å². The molecule has 56 valence electrons. The molecule has 1 rings (SSSR count). The lowest BCUT2D eigenvalue weighted by Crippen LogP contribution is -2.14. The fourth-order valence-electron chi connectivity index (χ4n) is 0.722. The van der Waals surface area contributed by atoms with Crippen molar-refractivity contribution in [3.05, 3.63) is 0 Å². The Bertz CT molecular complexity index is 288. The van der Waals surface area contributed by atoms with Crippen LogP contribution in [0.25, 0.3) is 0 Å². The second kappa shape index (κ2) is 2.05. The molecule has 0 aromatic carbocycles. The first-order chi connectivity index (χ1) is 4.58. The van der Waals surface area contributed by atoms with Crippen LogP contribution in [0.15, 0.2) is 5.16 Å². The Balaban J connectivity index is 3.20. The first kappa shape index (κ1) is 7.20. The molecule has 0 unspecified atom stereocenters. The Morgan fingerprint density at radius 2 is 2.10 bits per heavy atom. The highest BCUT2D eigenvalue weighted by Gasteiger charge is 2.35. The van der Waals surface area contributed by atoms with Gasteiger partial charge in [0.25, 0.3) is 0 Å². The molecule has 1 heterocycles. The van der Waals surface area contributed by atoms with Gasteiger partial charge in [0.15, 0.2) is 5.78 Å². The van der Waals surface area contributed by atoms with Crippen LogP contribution in [0.4, 0.5) is 0 Å². The molecule has 0 radical (unpaired) electrons. The summed E-state index contributed by atoms with van der Waals surface area (Å²) in [4.78, 5) is 10.6. The van der Waals surface area contributed by atoms with Crippen molar-refractivity contribution in [2.24, 2.45) is 5.16 Å². The van der Waals surface area contributed by atoms with E-state index in [9.17, 15) is 13.2 Å². The van der Waals surface area contributed by atoms with Crippen LogP contribution in [0.2, 0.25) is 0 Å². The zero-order valence-corrected chi connectivity index (χ0v) is 5.76. The molecule has 1 N–H and O–H groups in total. The third kappa shape index (κ3) is 0.900. The summed E-state index contributed by atoms with van der Waals surface area (Å²) in [6.45, 7) is 0. The Kier molecular flexibility index (Phi) is 1.47. The second-order valence-corrected chi connectivity index (χ2v) is 3.92. The monoisotopic (exact) mass is 163 g/mol. The first-order valence-corrected chi connectivity index (χ1v) is 4.21. The average molecular weight is 163 g/mol. The van der Waals surface area contributed by atoms with Gasteiger partial charge in [-0.1, -0.05) is 5.16 Å². The van der Waals surface area contributed by atoms with Crippen molar-refractivity contribution in [2.45, 2.75) is 6.42 Å². The zero-order valence-electron chi connectivity index (χ0n) is 4.94. The molecular formula is C4H5NO4S. The molecule has 1 fully saturated rings. The third-order valence-electron chi connectivity index (χ3n) is 1.22. The van der Waals surface area contributed by atoms with Gasteiger partial charge in [0, 0.05) is 6.42 Å². The molecule has 0 spiro atoms. The lowest BCUT2D eigenvalue weighted by molar-refractivity contribution is -0.112. The minimum absolute atomic E-state index is 0.0677. The maximum atomic E-state index is 10.7. The van der Waals surface area contributed by atoms with Crippen LogP contribution in [-0.4, -0.2) is 30.2 Å². The normalized spacial score (nSPS) is 27.6. The van der Waals surface area contributed by atoms with Gasteiger partial charge in [0.2, 0.25) is 14.9 Å². The largest absolute Gasteiger partial charge is 0.410 e. The van der Waals surface area contributed by atoms with Crippen molar-refractivity contribution in [3.63, 3.8) is 0 Å². The quantitative estimate of drug-likeness (QED) is 0.373. The summed E-state index contributed by atoms with van der Waals surface area (Å²) in [6, 6.07) is 0. The first-order valence-electron chi connectivity index (χ1n) is 2.56. The smallest absolute Gasteiger partial charge is 0.236 e. The molecule has 0 saturated carbocycles. The molecule has 0 aromatic heterocycles. The number of rotatable bonds is 0. The second-order valence-electron chi connectivity index (χ2n) is 1.90. The number of hydrogen-bond acceptors (Lipinski definition) is 5. The van der Waals surface area contributed by atoms with Gasteiger partial charge < -0.3 is 5.21 Å². The number of hydrogen-bond donors (Lipinski definition) is 1. The highest BCUT2D eigenvalue weighted by molar-refractivity contribution is 8.09. The molecule has 5 nitrogen and oxygen atoms in total. The molecule has 6 heteroatoms. The molecule has 0 atom stereocenters. The third-order valence-corrected chi connectivity index (χ3v) is 2.86. The van der Waals surface area contributed by atoms with Gasteiger partial charge >= 0.3 is 0 Å². The van der Waals surface area contributed by atoms with Crippen molar-refractivity contribution < 1.29 is 18.4 Å². The lowest BCUT2D eigenvalue weighted by Gasteiger charge is -1.86. The van der Waals surface area contributed by atoms with E-state index in [-0.39, 0.29) is 12.2 Å².